The summed E-state index contributed by atoms with van der Waals surface area (Å²) in [4.78, 5) is 8.77. The molecular formula is C16H29N3O. The highest BCUT2D eigenvalue weighted by Gasteiger charge is 2.07. The molecule has 1 atom stereocenters. The van der Waals surface area contributed by atoms with Crippen LogP contribution in [0, 0.1) is 6.92 Å². The van der Waals surface area contributed by atoms with Gasteiger partial charge in [-0.05, 0) is 33.1 Å². The fraction of sp³-hybridized carbons (Fsp3) is 0.750. The molecule has 0 aliphatic carbocycles. The largest absolute Gasteiger partial charge is 0.475 e. The minimum Gasteiger partial charge on any atom is -0.475 e. The Kier molecular flexibility index (Phi) is 8.00. The van der Waals surface area contributed by atoms with Crippen LogP contribution in [0.3, 0.4) is 0 Å². The van der Waals surface area contributed by atoms with E-state index >= 15 is 0 Å². The van der Waals surface area contributed by atoms with E-state index in [1.807, 2.05) is 13.0 Å². The fourth-order valence-corrected chi connectivity index (χ4v) is 2.04. The number of anilines is 1. The van der Waals surface area contributed by atoms with Crippen LogP contribution in [-0.4, -0.2) is 22.6 Å². The summed E-state index contributed by atoms with van der Waals surface area (Å²) in [6.45, 7) is 9.32. The van der Waals surface area contributed by atoms with E-state index in [-0.39, 0.29) is 6.10 Å². The molecule has 1 aromatic rings. The van der Waals surface area contributed by atoms with E-state index in [1.165, 1.54) is 25.7 Å². The molecule has 1 unspecified atom stereocenters. The average Bonchev–Trinajstić information content (AvgIpc) is 2.41. The topological polar surface area (TPSA) is 47.0 Å². The quantitative estimate of drug-likeness (QED) is 0.647. The number of hydrogen-bond acceptors (Lipinski definition) is 4. The molecular weight excluding hydrogens is 250 g/mol. The van der Waals surface area contributed by atoms with Crippen molar-refractivity contribution >= 4 is 5.95 Å². The number of rotatable bonds is 10. The summed E-state index contributed by atoms with van der Waals surface area (Å²) in [5.41, 5.74) is 0.937. The lowest BCUT2D eigenvalue weighted by atomic mass is 10.1. The standard InChI is InChI=1S/C16H29N3O/c1-5-7-8-9-10-14(4)20-15-12-13(3)18-16(19-15)17-11-6-2/h12,14H,5-11H2,1-4H3,(H,17,18,19). The van der Waals surface area contributed by atoms with Crippen LogP contribution in [0.1, 0.15) is 65.0 Å². The maximum atomic E-state index is 5.90. The van der Waals surface area contributed by atoms with E-state index in [9.17, 15) is 0 Å². The Morgan fingerprint density at radius 3 is 2.65 bits per heavy atom. The lowest BCUT2D eigenvalue weighted by Crippen LogP contribution is -2.14. The summed E-state index contributed by atoms with van der Waals surface area (Å²) < 4.78 is 5.90. The van der Waals surface area contributed by atoms with Gasteiger partial charge in [-0.1, -0.05) is 33.1 Å². The summed E-state index contributed by atoms with van der Waals surface area (Å²) >= 11 is 0. The van der Waals surface area contributed by atoms with Gasteiger partial charge >= 0.3 is 0 Å². The minimum absolute atomic E-state index is 0.209. The van der Waals surface area contributed by atoms with Crippen molar-refractivity contribution in [1.29, 1.82) is 0 Å². The highest BCUT2D eigenvalue weighted by Crippen LogP contribution is 2.16. The molecule has 114 valence electrons. The highest BCUT2D eigenvalue weighted by molar-refractivity contribution is 5.30. The van der Waals surface area contributed by atoms with E-state index in [4.69, 9.17) is 4.74 Å². The van der Waals surface area contributed by atoms with Gasteiger partial charge in [0.25, 0.3) is 0 Å². The first-order valence-electron chi connectivity index (χ1n) is 7.91. The zero-order chi connectivity index (χ0) is 14.8. The highest BCUT2D eigenvalue weighted by atomic mass is 16.5. The van der Waals surface area contributed by atoms with Crippen molar-refractivity contribution in [2.45, 2.75) is 72.3 Å². The first-order chi connectivity index (χ1) is 9.65. The smallest absolute Gasteiger partial charge is 0.226 e. The number of nitrogens with one attached hydrogen (secondary N) is 1. The first kappa shape index (κ1) is 16.7. The van der Waals surface area contributed by atoms with Crippen molar-refractivity contribution in [2.24, 2.45) is 0 Å². The Morgan fingerprint density at radius 1 is 1.15 bits per heavy atom. The van der Waals surface area contributed by atoms with Crippen LogP contribution in [0.25, 0.3) is 0 Å². The molecule has 0 spiro atoms. The van der Waals surface area contributed by atoms with Crippen LogP contribution in [0.5, 0.6) is 5.88 Å². The maximum Gasteiger partial charge on any atom is 0.226 e. The second kappa shape index (κ2) is 9.56. The third-order valence-electron chi connectivity index (χ3n) is 3.15. The van der Waals surface area contributed by atoms with Crippen molar-refractivity contribution in [1.82, 2.24) is 9.97 Å². The van der Waals surface area contributed by atoms with Gasteiger partial charge < -0.3 is 10.1 Å². The predicted molar refractivity (Wildman–Crippen MR) is 84.4 cm³/mol. The van der Waals surface area contributed by atoms with Gasteiger partial charge in [-0.2, -0.15) is 4.98 Å². The van der Waals surface area contributed by atoms with Gasteiger partial charge in [-0.15, -0.1) is 0 Å². The van der Waals surface area contributed by atoms with Crippen molar-refractivity contribution in [3.05, 3.63) is 11.8 Å². The van der Waals surface area contributed by atoms with E-state index in [0.29, 0.717) is 11.8 Å². The molecule has 4 nitrogen and oxygen atoms in total. The lowest BCUT2D eigenvalue weighted by Gasteiger charge is -2.15. The van der Waals surface area contributed by atoms with E-state index < -0.39 is 0 Å². The SMILES string of the molecule is CCCCCCC(C)Oc1cc(C)nc(NCCC)n1. The van der Waals surface area contributed by atoms with E-state index in [0.717, 1.165) is 25.1 Å². The molecule has 0 saturated carbocycles. The first-order valence-corrected chi connectivity index (χ1v) is 7.91. The summed E-state index contributed by atoms with van der Waals surface area (Å²) in [5.74, 6) is 1.35. The number of aryl methyl sites for hydroxylation is 1. The van der Waals surface area contributed by atoms with Crippen LogP contribution in [0.4, 0.5) is 5.95 Å². The molecule has 0 saturated heterocycles. The molecule has 1 rings (SSSR count). The second-order valence-electron chi connectivity index (χ2n) is 5.38. The Hall–Kier alpha value is -1.32. The van der Waals surface area contributed by atoms with Gasteiger partial charge in [0.05, 0.1) is 6.10 Å². The van der Waals surface area contributed by atoms with Crippen LogP contribution in [0.15, 0.2) is 6.07 Å². The van der Waals surface area contributed by atoms with Gasteiger partial charge in [-0.3, -0.25) is 0 Å². The number of hydrogen-bond donors (Lipinski definition) is 1. The predicted octanol–water partition coefficient (Wildman–Crippen LogP) is 4.34. The van der Waals surface area contributed by atoms with Crippen LogP contribution < -0.4 is 10.1 Å². The molecule has 0 aliphatic rings. The van der Waals surface area contributed by atoms with Crippen molar-refractivity contribution < 1.29 is 4.74 Å². The third kappa shape index (κ3) is 6.73. The molecule has 0 fully saturated rings. The van der Waals surface area contributed by atoms with Crippen LogP contribution in [0.2, 0.25) is 0 Å². The summed E-state index contributed by atoms with van der Waals surface area (Å²) in [5, 5.41) is 3.21. The monoisotopic (exact) mass is 279 g/mol. The van der Waals surface area contributed by atoms with Gasteiger partial charge in [0.2, 0.25) is 11.8 Å². The third-order valence-corrected chi connectivity index (χ3v) is 3.15. The molecule has 1 heterocycles. The molecule has 0 amide bonds. The van der Waals surface area contributed by atoms with E-state index in [1.54, 1.807) is 0 Å². The molecule has 1 N–H and O–H groups in total. The Bertz CT molecular complexity index is 382. The van der Waals surface area contributed by atoms with Crippen LogP contribution in [-0.2, 0) is 0 Å². The van der Waals surface area contributed by atoms with Crippen molar-refractivity contribution in [3.63, 3.8) is 0 Å². The zero-order valence-electron chi connectivity index (χ0n) is 13.4. The molecule has 0 bridgehead atoms. The van der Waals surface area contributed by atoms with Gasteiger partial charge in [-0.25, -0.2) is 4.98 Å². The fourth-order valence-electron chi connectivity index (χ4n) is 2.04. The number of aromatic nitrogens is 2. The van der Waals surface area contributed by atoms with Crippen LogP contribution >= 0.6 is 0 Å². The van der Waals surface area contributed by atoms with Gasteiger partial charge in [0.15, 0.2) is 0 Å². The number of ether oxygens (including phenoxy) is 1. The molecule has 1 aromatic heterocycles. The maximum absolute atomic E-state index is 5.90. The number of unbranched alkanes of at least 4 members (excludes halogenated alkanes) is 3. The van der Waals surface area contributed by atoms with Gasteiger partial charge in [0, 0.05) is 18.3 Å². The Morgan fingerprint density at radius 2 is 1.95 bits per heavy atom. The normalized spacial score (nSPS) is 12.2. The Balaban J connectivity index is 2.47. The summed E-state index contributed by atoms with van der Waals surface area (Å²) in [6.07, 6.45) is 7.44. The molecule has 20 heavy (non-hydrogen) atoms. The molecule has 0 radical (unpaired) electrons. The van der Waals surface area contributed by atoms with E-state index in [2.05, 4.69) is 36.1 Å². The zero-order valence-corrected chi connectivity index (χ0v) is 13.4. The summed E-state index contributed by atoms with van der Waals surface area (Å²) in [6, 6.07) is 1.90. The van der Waals surface area contributed by atoms with Crippen molar-refractivity contribution in [2.75, 3.05) is 11.9 Å². The Labute approximate surface area is 123 Å². The molecule has 4 heteroatoms. The van der Waals surface area contributed by atoms with Gasteiger partial charge in [0.1, 0.15) is 0 Å². The van der Waals surface area contributed by atoms with Crippen molar-refractivity contribution in [3.8, 4) is 5.88 Å². The minimum atomic E-state index is 0.209. The second-order valence-corrected chi connectivity index (χ2v) is 5.38. The average molecular weight is 279 g/mol. The number of nitrogens with zero attached hydrogens (tertiary/aromatic N) is 2. The molecule has 0 aliphatic heterocycles. The lowest BCUT2D eigenvalue weighted by molar-refractivity contribution is 0.198. The summed E-state index contributed by atoms with van der Waals surface area (Å²) in [7, 11) is 0. The molecule has 0 aromatic carbocycles.